The van der Waals surface area contributed by atoms with Crippen LogP contribution in [-0.2, 0) is 0 Å². The monoisotopic (exact) mass is 241 g/mol. The first kappa shape index (κ1) is 15.0. The smallest absolute Gasteiger partial charge is 0.0715 e. The number of nitrogens with zero attached hydrogens (tertiary/aromatic N) is 1. The van der Waals surface area contributed by atoms with Crippen molar-refractivity contribution in [3.8, 4) is 0 Å². The Morgan fingerprint density at radius 3 is 2.06 bits per heavy atom. The molecule has 0 saturated heterocycles. The molecule has 1 aliphatic carbocycles. The Labute approximate surface area is 107 Å². The van der Waals surface area contributed by atoms with E-state index in [0.29, 0.717) is 5.92 Å². The van der Waals surface area contributed by atoms with Gasteiger partial charge >= 0.3 is 0 Å². The van der Waals surface area contributed by atoms with Crippen LogP contribution in [0.25, 0.3) is 0 Å². The zero-order valence-electron chi connectivity index (χ0n) is 12.4. The van der Waals surface area contributed by atoms with E-state index in [2.05, 4.69) is 39.5 Å². The molecular formula is C15H31NO. The number of rotatable bonds is 5. The number of aliphatic hydroxyl groups excluding tert-OH is 1. The minimum atomic E-state index is -0.221. The zero-order valence-corrected chi connectivity index (χ0v) is 12.4. The highest BCUT2D eigenvalue weighted by Gasteiger charge is 2.29. The van der Waals surface area contributed by atoms with Crippen molar-refractivity contribution in [2.75, 3.05) is 13.1 Å². The molecule has 1 aliphatic rings. The molecule has 0 aromatic rings. The van der Waals surface area contributed by atoms with Gasteiger partial charge in [-0.1, -0.05) is 47.5 Å². The molecule has 2 heteroatoms. The molecule has 1 unspecified atom stereocenters. The molecule has 0 bridgehead atoms. The summed E-state index contributed by atoms with van der Waals surface area (Å²) in [5.74, 6) is 0.683. The lowest BCUT2D eigenvalue weighted by Gasteiger charge is -2.36. The molecule has 102 valence electrons. The van der Waals surface area contributed by atoms with E-state index in [0.717, 1.165) is 19.1 Å². The van der Waals surface area contributed by atoms with Crippen molar-refractivity contribution in [3.05, 3.63) is 0 Å². The summed E-state index contributed by atoms with van der Waals surface area (Å²) in [6, 6.07) is 0.717. The second-order valence-electron chi connectivity index (χ2n) is 7.17. The SMILES string of the molecule is CC(C)CN(CC(O)C(C)(C)C)C1CCCC1. The Morgan fingerprint density at radius 1 is 1.12 bits per heavy atom. The van der Waals surface area contributed by atoms with E-state index < -0.39 is 0 Å². The second kappa shape index (κ2) is 6.19. The molecule has 0 heterocycles. The van der Waals surface area contributed by atoms with E-state index in [1.54, 1.807) is 0 Å². The standard InChI is InChI=1S/C15H31NO/c1-12(2)10-16(13-8-6-7-9-13)11-14(17)15(3,4)5/h12-14,17H,6-11H2,1-5H3. The largest absolute Gasteiger partial charge is 0.391 e. The van der Waals surface area contributed by atoms with Gasteiger partial charge in [0.2, 0.25) is 0 Å². The second-order valence-corrected chi connectivity index (χ2v) is 7.17. The van der Waals surface area contributed by atoms with Gasteiger partial charge in [0.05, 0.1) is 6.10 Å². The van der Waals surface area contributed by atoms with Crippen LogP contribution < -0.4 is 0 Å². The molecule has 17 heavy (non-hydrogen) atoms. The fourth-order valence-electron chi connectivity index (χ4n) is 2.61. The van der Waals surface area contributed by atoms with E-state index in [9.17, 15) is 5.11 Å². The summed E-state index contributed by atoms with van der Waals surface area (Å²) in [5, 5.41) is 10.3. The van der Waals surface area contributed by atoms with Crippen molar-refractivity contribution in [2.24, 2.45) is 11.3 Å². The molecule has 2 nitrogen and oxygen atoms in total. The number of hydrogen-bond donors (Lipinski definition) is 1. The van der Waals surface area contributed by atoms with Gasteiger partial charge in [-0.3, -0.25) is 4.90 Å². The third-order valence-corrected chi connectivity index (χ3v) is 3.85. The van der Waals surface area contributed by atoms with Crippen LogP contribution in [0.1, 0.15) is 60.3 Å². The summed E-state index contributed by atoms with van der Waals surface area (Å²) < 4.78 is 0. The van der Waals surface area contributed by atoms with Crippen LogP contribution in [-0.4, -0.2) is 35.2 Å². The maximum absolute atomic E-state index is 10.3. The van der Waals surface area contributed by atoms with Gasteiger partial charge in [0, 0.05) is 19.1 Å². The normalized spacial score (nSPS) is 20.5. The van der Waals surface area contributed by atoms with Crippen molar-refractivity contribution in [2.45, 2.75) is 72.4 Å². The van der Waals surface area contributed by atoms with Crippen LogP contribution in [0.2, 0.25) is 0 Å². The first-order valence-corrected chi connectivity index (χ1v) is 7.23. The summed E-state index contributed by atoms with van der Waals surface area (Å²) in [6.07, 6.45) is 5.16. The third kappa shape index (κ3) is 4.97. The highest BCUT2D eigenvalue weighted by Crippen LogP contribution is 2.27. The Morgan fingerprint density at radius 2 is 1.65 bits per heavy atom. The van der Waals surface area contributed by atoms with Crippen LogP contribution in [0.15, 0.2) is 0 Å². The van der Waals surface area contributed by atoms with Crippen molar-refractivity contribution in [1.29, 1.82) is 0 Å². The van der Waals surface area contributed by atoms with E-state index >= 15 is 0 Å². The molecule has 1 saturated carbocycles. The lowest BCUT2D eigenvalue weighted by molar-refractivity contribution is 0.0125. The van der Waals surface area contributed by atoms with Crippen LogP contribution in [0.5, 0.6) is 0 Å². The average molecular weight is 241 g/mol. The predicted octanol–water partition coefficient (Wildman–Crippen LogP) is 3.29. The lowest BCUT2D eigenvalue weighted by atomic mass is 9.88. The molecule has 1 rings (SSSR count). The highest BCUT2D eigenvalue weighted by molar-refractivity contribution is 4.83. The van der Waals surface area contributed by atoms with Crippen molar-refractivity contribution < 1.29 is 5.11 Å². The van der Waals surface area contributed by atoms with Gasteiger partial charge in [0.25, 0.3) is 0 Å². The first-order valence-electron chi connectivity index (χ1n) is 7.23. The van der Waals surface area contributed by atoms with Gasteiger partial charge in [0.1, 0.15) is 0 Å². The third-order valence-electron chi connectivity index (χ3n) is 3.85. The van der Waals surface area contributed by atoms with Gasteiger partial charge < -0.3 is 5.11 Å². The predicted molar refractivity (Wildman–Crippen MR) is 74.1 cm³/mol. The maximum Gasteiger partial charge on any atom is 0.0715 e. The number of aliphatic hydroxyl groups is 1. The molecule has 0 radical (unpaired) electrons. The van der Waals surface area contributed by atoms with Gasteiger partial charge in [-0.05, 0) is 24.2 Å². The quantitative estimate of drug-likeness (QED) is 0.798. The molecule has 1 atom stereocenters. The van der Waals surface area contributed by atoms with Gasteiger partial charge in [-0.25, -0.2) is 0 Å². The topological polar surface area (TPSA) is 23.5 Å². The van der Waals surface area contributed by atoms with Crippen LogP contribution in [0.4, 0.5) is 0 Å². The van der Waals surface area contributed by atoms with Crippen molar-refractivity contribution in [3.63, 3.8) is 0 Å². The molecule has 0 spiro atoms. The Kier molecular flexibility index (Phi) is 5.46. The Hall–Kier alpha value is -0.0800. The van der Waals surface area contributed by atoms with Gasteiger partial charge in [-0.15, -0.1) is 0 Å². The zero-order chi connectivity index (χ0) is 13.1. The Balaban J connectivity index is 2.56. The minimum absolute atomic E-state index is 0.00612. The van der Waals surface area contributed by atoms with E-state index in [-0.39, 0.29) is 11.5 Å². The highest BCUT2D eigenvalue weighted by atomic mass is 16.3. The van der Waals surface area contributed by atoms with Crippen molar-refractivity contribution in [1.82, 2.24) is 4.90 Å². The molecule has 0 aromatic heterocycles. The van der Waals surface area contributed by atoms with E-state index in [1.807, 2.05) is 0 Å². The first-order chi connectivity index (χ1) is 7.80. The molecule has 1 N–H and O–H groups in total. The van der Waals surface area contributed by atoms with Crippen molar-refractivity contribution >= 4 is 0 Å². The van der Waals surface area contributed by atoms with Crippen LogP contribution in [0, 0.1) is 11.3 Å². The summed E-state index contributed by atoms with van der Waals surface area (Å²) in [7, 11) is 0. The summed E-state index contributed by atoms with van der Waals surface area (Å²) in [4.78, 5) is 2.54. The fourth-order valence-corrected chi connectivity index (χ4v) is 2.61. The molecule has 0 amide bonds. The van der Waals surface area contributed by atoms with E-state index in [4.69, 9.17) is 0 Å². The molecule has 0 aromatic carbocycles. The Bertz CT molecular complexity index is 213. The molecule has 0 aliphatic heterocycles. The molecule has 1 fully saturated rings. The minimum Gasteiger partial charge on any atom is -0.391 e. The van der Waals surface area contributed by atoms with E-state index in [1.165, 1.54) is 25.7 Å². The van der Waals surface area contributed by atoms with Gasteiger partial charge in [0.15, 0.2) is 0 Å². The summed E-state index contributed by atoms with van der Waals surface area (Å²) in [6.45, 7) is 12.9. The maximum atomic E-state index is 10.3. The average Bonchev–Trinajstić information content (AvgIpc) is 2.66. The van der Waals surface area contributed by atoms with Gasteiger partial charge in [-0.2, -0.15) is 0 Å². The van der Waals surface area contributed by atoms with Crippen LogP contribution in [0.3, 0.4) is 0 Å². The molecular weight excluding hydrogens is 210 g/mol. The van der Waals surface area contributed by atoms with Crippen LogP contribution >= 0.6 is 0 Å². The number of hydrogen-bond acceptors (Lipinski definition) is 2. The lowest BCUT2D eigenvalue weighted by Crippen LogP contribution is -2.45. The summed E-state index contributed by atoms with van der Waals surface area (Å²) >= 11 is 0. The fraction of sp³-hybridized carbons (Fsp3) is 1.00. The summed E-state index contributed by atoms with van der Waals surface area (Å²) in [5.41, 5.74) is -0.00612.